The van der Waals surface area contributed by atoms with Crippen molar-refractivity contribution in [1.82, 2.24) is 10.3 Å². The van der Waals surface area contributed by atoms with Crippen molar-refractivity contribution in [3.05, 3.63) is 27.4 Å². The molecule has 0 bridgehead atoms. The van der Waals surface area contributed by atoms with Crippen LogP contribution in [0.25, 0.3) is 10.9 Å². The summed E-state index contributed by atoms with van der Waals surface area (Å²) in [4.78, 5) is 15.4. The summed E-state index contributed by atoms with van der Waals surface area (Å²) in [5, 5.41) is 4.69. The molecule has 0 saturated heterocycles. The van der Waals surface area contributed by atoms with Crippen molar-refractivity contribution in [2.45, 2.75) is 26.2 Å². The Kier molecular flexibility index (Phi) is 3.76. The summed E-state index contributed by atoms with van der Waals surface area (Å²) >= 11 is 12.5. The molecular formula is C15H16Cl2N2O2. The van der Waals surface area contributed by atoms with Crippen molar-refractivity contribution in [2.24, 2.45) is 0 Å². The van der Waals surface area contributed by atoms with Crippen molar-refractivity contribution in [3.63, 3.8) is 0 Å². The van der Waals surface area contributed by atoms with Gasteiger partial charge in [0.25, 0.3) is 0 Å². The van der Waals surface area contributed by atoms with Gasteiger partial charge in [-0.1, -0.05) is 23.2 Å². The third-order valence-corrected chi connectivity index (χ3v) is 4.64. The fourth-order valence-corrected chi connectivity index (χ4v) is 3.29. The van der Waals surface area contributed by atoms with E-state index >= 15 is 0 Å². The largest absolute Gasteiger partial charge is 0.493 e. The summed E-state index contributed by atoms with van der Waals surface area (Å²) in [6.07, 6.45) is 0.736. The topological polar surface area (TPSA) is 54.1 Å². The van der Waals surface area contributed by atoms with Gasteiger partial charge in [-0.25, -0.2) is 0 Å². The van der Waals surface area contributed by atoms with Crippen molar-refractivity contribution < 1.29 is 9.53 Å². The quantitative estimate of drug-likeness (QED) is 0.885. The van der Waals surface area contributed by atoms with Gasteiger partial charge in [-0.3, -0.25) is 4.79 Å². The van der Waals surface area contributed by atoms with E-state index in [4.69, 9.17) is 27.9 Å². The van der Waals surface area contributed by atoms with Gasteiger partial charge in [-0.05, 0) is 19.4 Å². The number of aromatic amines is 1. The van der Waals surface area contributed by atoms with Crippen LogP contribution in [0.4, 0.5) is 0 Å². The maximum Gasteiger partial charge on any atom is 0.227 e. The molecule has 0 radical (unpaired) electrons. The van der Waals surface area contributed by atoms with Crippen LogP contribution in [0.1, 0.15) is 31.0 Å². The van der Waals surface area contributed by atoms with Gasteiger partial charge >= 0.3 is 0 Å². The predicted octanol–water partition coefficient (Wildman–Crippen LogP) is 3.65. The van der Waals surface area contributed by atoms with E-state index in [-0.39, 0.29) is 11.8 Å². The molecule has 2 aromatic rings. The zero-order valence-corrected chi connectivity index (χ0v) is 13.4. The minimum atomic E-state index is -0.257. The number of nitrogens with one attached hydrogen (secondary N) is 2. The van der Waals surface area contributed by atoms with Gasteiger partial charge in [0.15, 0.2) is 0 Å². The van der Waals surface area contributed by atoms with Crippen LogP contribution in [-0.2, 0) is 11.2 Å². The summed E-state index contributed by atoms with van der Waals surface area (Å²) in [5.41, 5.74) is 2.72. The van der Waals surface area contributed by atoms with E-state index in [1.165, 1.54) is 0 Å². The smallest absolute Gasteiger partial charge is 0.227 e. The number of aromatic nitrogens is 1. The Balaban J connectivity index is 2.36. The molecule has 6 heteroatoms. The molecule has 0 aliphatic carbocycles. The van der Waals surface area contributed by atoms with Gasteiger partial charge in [0.05, 0.1) is 28.1 Å². The number of carbonyl (C=O) groups is 1. The third-order valence-electron chi connectivity index (χ3n) is 3.85. The van der Waals surface area contributed by atoms with E-state index in [0.717, 1.165) is 28.6 Å². The third kappa shape index (κ3) is 2.27. The molecule has 1 aromatic heterocycles. The van der Waals surface area contributed by atoms with Crippen LogP contribution in [-0.4, -0.2) is 24.0 Å². The molecule has 1 aliphatic rings. The summed E-state index contributed by atoms with van der Waals surface area (Å²) in [5.74, 6) is 0.428. The Bertz CT molecular complexity index is 724. The van der Waals surface area contributed by atoms with Crippen molar-refractivity contribution in [3.8, 4) is 5.75 Å². The molecule has 1 aliphatic heterocycles. The average molecular weight is 327 g/mol. The van der Waals surface area contributed by atoms with Crippen LogP contribution in [0.5, 0.6) is 5.75 Å². The normalized spacial score (nSPS) is 18.3. The molecule has 2 heterocycles. The van der Waals surface area contributed by atoms with Gasteiger partial charge in [-0.2, -0.15) is 0 Å². The van der Waals surface area contributed by atoms with Crippen LogP contribution in [0, 0.1) is 0 Å². The van der Waals surface area contributed by atoms with Crippen LogP contribution < -0.4 is 10.1 Å². The van der Waals surface area contributed by atoms with E-state index in [9.17, 15) is 4.79 Å². The minimum absolute atomic E-state index is 0.0168. The highest BCUT2D eigenvalue weighted by Crippen LogP contribution is 2.43. The Labute approximate surface area is 132 Å². The van der Waals surface area contributed by atoms with Crippen LogP contribution >= 0.6 is 23.2 Å². The number of hydrogen-bond acceptors (Lipinski definition) is 2. The maximum absolute atomic E-state index is 12.1. The number of halogens is 2. The zero-order chi connectivity index (χ0) is 15.1. The molecule has 1 atom stereocenters. The maximum atomic E-state index is 12.1. The summed E-state index contributed by atoms with van der Waals surface area (Å²) in [7, 11) is 0. The Morgan fingerprint density at radius 3 is 2.90 bits per heavy atom. The van der Waals surface area contributed by atoms with Crippen LogP contribution in [0.2, 0.25) is 10.0 Å². The Hall–Kier alpha value is -1.39. The molecule has 0 fully saturated rings. The lowest BCUT2D eigenvalue weighted by atomic mass is 9.96. The molecule has 112 valence electrons. The van der Waals surface area contributed by atoms with Crippen molar-refractivity contribution in [2.75, 3.05) is 13.2 Å². The van der Waals surface area contributed by atoms with E-state index in [0.29, 0.717) is 28.9 Å². The molecule has 21 heavy (non-hydrogen) atoms. The number of benzene rings is 1. The minimum Gasteiger partial charge on any atom is -0.493 e. The van der Waals surface area contributed by atoms with Crippen LogP contribution in [0.15, 0.2) is 6.07 Å². The lowest BCUT2D eigenvalue weighted by Gasteiger charge is -2.12. The number of fused-ring (bicyclic) bond motifs is 3. The van der Waals surface area contributed by atoms with Gasteiger partial charge in [0.1, 0.15) is 5.75 Å². The monoisotopic (exact) mass is 326 g/mol. The molecule has 1 aromatic carbocycles. The zero-order valence-electron chi connectivity index (χ0n) is 11.8. The SMILES string of the molecule is CCOc1cc(Cl)c(Cl)c2[nH]c3c(c12)[C@H](C)C(=O)NCC3. The van der Waals surface area contributed by atoms with E-state index in [1.807, 2.05) is 13.8 Å². The van der Waals surface area contributed by atoms with Gasteiger partial charge in [-0.15, -0.1) is 0 Å². The lowest BCUT2D eigenvalue weighted by Crippen LogP contribution is -2.26. The molecule has 0 saturated carbocycles. The number of carbonyl (C=O) groups excluding carboxylic acids is 1. The molecule has 0 spiro atoms. The molecule has 0 unspecified atom stereocenters. The fourth-order valence-electron chi connectivity index (χ4n) is 2.90. The first-order valence-electron chi connectivity index (χ1n) is 6.97. The van der Waals surface area contributed by atoms with Crippen molar-refractivity contribution in [1.29, 1.82) is 0 Å². The Morgan fingerprint density at radius 2 is 2.19 bits per heavy atom. The molecule has 4 nitrogen and oxygen atoms in total. The first-order chi connectivity index (χ1) is 10.0. The highest BCUT2D eigenvalue weighted by atomic mass is 35.5. The predicted molar refractivity (Wildman–Crippen MR) is 84.6 cm³/mol. The number of rotatable bonds is 2. The van der Waals surface area contributed by atoms with Gasteiger partial charge < -0.3 is 15.0 Å². The fraction of sp³-hybridized carbons (Fsp3) is 0.400. The number of H-pyrrole nitrogens is 1. The second-order valence-corrected chi connectivity index (χ2v) is 5.92. The summed E-state index contributed by atoms with van der Waals surface area (Å²) in [6.45, 7) is 4.94. The lowest BCUT2D eigenvalue weighted by molar-refractivity contribution is -0.121. The van der Waals surface area contributed by atoms with E-state index in [1.54, 1.807) is 6.07 Å². The van der Waals surface area contributed by atoms with E-state index < -0.39 is 0 Å². The highest BCUT2D eigenvalue weighted by Gasteiger charge is 2.28. The average Bonchev–Trinajstić information content (AvgIpc) is 2.77. The number of amides is 1. The van der Waals surface area contributed by atoms with Gasteiger partial charge in [0.2, 0.25) is 5.91 Å². The summed E-state index contributed by atoms with van der Waals surface area (Å²) < 4.78 is 5.71. The van der Waals surface area contributed by atoms with Gasteiger partial charge in [0, 0.05) is 30.1 Å². The first-order valence-corrected chi connectivity index (χ1v) is 7.73. The second kappa shape index (κ2) is 5.43. The number of hydrogen-bond donors (Lipinski definition) is 2. The molecular weight excluding hydrogens is 311 g/mol. The van der Waals surface area contributed by atoms with Crippen LogP contribution in [0.3, 0.4) is 0 Å². The standard InChI is InChI=1S/C15H16Cl2N2O2/c1-3-21-10-6-8(16)13(17)14-12(10)11-7(2)15(20)18-5-4-9(11)19-14/h6-7,19H,3-5H2,1-2H3,(H,18,20)/t7-/m0/s1. The molecule has 1 amide bonds. The first kappa shape index (κ1) is 14.5. The second-order valence-electron chi connectivity index (χ2n) is 5.13. The number of ether oxygens (including phenoxy) is 1. The Morgan fingerprint density at radius 1 is 1.43 bits per heavy atom. The van der Waals surface area contributed by atoms with E-state index in [2.05, 4.69) is 10.3 Å². The molecule has 3 rings (SSSR count). The highest BCUT2D eigenvalue weighted by molar-refractivity contribution is 6.45. The summed E-state index contributed by atoms with van der Waals surface area (Å²) in [6, 6.07) is 1.72. The van der Waals surface area contributed by atoms with Crippen molar-refractivity contribution >= 4 is 40.0 Å². The molecule has 2 N–H and O–H groups in total.